The monoisotopic (exact) mass is 364 g/mol. The Kier molecular flexibility index (Phi) is 9.33. The lowest BCUT2D eigenvalue weighted by atomic mass is 10.2. The molecule has 3 N–H and O–H groups in total. The van der Waals surface area contributed by atoms with Gasteiger partial charge in [-0.05, 0) is 46.2 Å². The normalized spacial score (nSPS) is 11.7. The average Bonchev–Trinajstić information content (AvgIpc) is 2.56. The number of carbonyl (C=O) groups excluding carboxylic acids is 1. The summed E-state index contributed by atoms with van der Waals surface area (Å²) >= 11 is 0. The van der Waals surface area contributed by atoms with Crippen LogP contribution in [0.3, 0.4) is 0 Å². The van der Waals surface area contributed by atoms with E-state index in [1.165, 1.54) is 5.56 Å². The van der Waals surface area contributed by atoms with Gasteiger partial charge in [-0.1, -0.05) is 17.7 Å². The topological polar surface area (TPSA) is 84.0 Å². The second kappa shape index (κ2) is 11.2. The van der Waals surface area contributed by atoms with Crippen molar-refractivity contribution in [2.45, 2.75) is 39.7 Å². The van der Waals surface area contributed by atoms with Gasteiger partial charge in [0.05, 0.1) is 6.61 Å². The first-order valence-corrected chi connectivity index (χ1v) is 8.91. The summed E-state index contributed by atoms with van der Waals surface area (Å²) in [4.78, 5) is 15.7. The van der Waals surface area contributed by atoms with E-state index in [0.717, 1.165) is 18.7 Å². The highest BCUT2D eigenvalue weighted by molar-refractivity contribution is 5.79. The molecule has 0 spiro atoms. The molecule has 0 aliphatic heterocycles. The number of benzene rings is 1. The van der Waals surface area contributed by atoms with Crippen LogP contribution in [-0.2, 0) is 4.74 Å². The van der Waals surface area contributed by atoms with Gasteiger partial charge in [-0.15, -0.1) is 0 Å². The molecule has 0 aliphatic rings. The smallest absolute Gasteiger partial charge is 0.407 e. The maximum Gasteiger partial charge on any atom is 0.407 e. The van der Waals surface area contributed by atoms with E-state index in [1.54, 1.807) is 7.05 Å². The van der Waals surface area contributed by atoms with E-state index < -0.39 is 11.7 Å². The minimum absolute atomic E-state index is 0.421. The van der Waals surface area contributed by atoms with Gasteiger partial charge in [-0.25, -0.2) is 4.79 Å². The molecule has 0 aliphatic carbocycles. The molecular formula is C19H32N4O3. The summed E-state index contributed by atoms with van der Waals surface area (Å²) in [7, 11) is 1.71. The SMILES string of the molecule is CN=C(NCCCOc1ccc(C)cc1)NCCNC(=O)OC(C)(C)C. The van der Waals surface area contributed by atoms with Crippen LogP contribution in [-0.4, -0.2) is 50.9 Å². The zero-order valence-electron chi connectivity index (χ0n) is 16.5. The second-order valence-corrected chi connectivity index (χ2v) is 6.87. The van der Waals surface area contributed by atoms with Gasteiger partial charge in [0, 0.05) is 26.7 Å². The third-order valence-electron chi connectivity index (χ3n) is 3.21. The van der Waals surface area contributed by atoms with E-state index in [2.05, 4.69) is 27.9 Å². The molecule has 0 saturated carbocycles. The summed E-state index contributed by atoms with van der Waals surface area (Å²) in [5, 5.41) is 9.03. The Morgan fingerprint density at radius 3 is 2.27 bits per heavy atom. The molecular weight excluding hydrogens is 332 g/mol. The van der Waals surface area contributed by atoms with Crippen molar-refractivity contribution in [3.63, 3.8) is 0 Å². The number of carbonyl (C=O) groups is 1. The lowest BCUT2D eigenvalue weighted by Crippen LogP contribution is -2.42. The highest BCUT2D eigenvalue weighted by atomic mass is 16.6. The average molecular weight is 364 g/mol. The van der Waals surface area contributed by atoms with Gasteiger partial charge in [0.2, 0.25) is 0 Å². The second-order valence-electron chi connectivity index (χ2n) is 6.87. The lowest BCUT2D eigenvalue weighted by molar-refractivity contribution is 0.0529. The number of nitrogens with one attached hydrogen (secondary N) is 3. The highest BCUT2D eigenvalue weighted by Crippen LogP contribution is 2.11. The Morgan fingerprint density at radius 2 is 1.65 bits per heavy atom. The molecule has 1 aromatic rings. The van der Waals surface area contributed by atoms with Crippen LogP contribution in [0.5, 0.6) is 5.75 Å². The fraction of sp³-hybridized carbons (Fsp3) is 0.579. The van der Waals surface area contributed by atoms with E-state index in [0.29, 0.717) is 25.7 Å². The van der Waals surface area contributed by atoms with Gasteiger partial charge in [-0.3, -0.25) is 4.99 Å². The van der Waals surface area contributed by atoms with Crippen molar-refractivity contribution >= 4 is 12.1 Å². The lowest BCUT2D eigenvalue weighted by Gasteiger charge is -2.19. The molecule has 0 atom stereocenters. The summed E-state index contributed by atoms with van der Waals surface area (Å²) in [6.07, 6.45) is 0.431. The van der Waals surface area contributed by atoms with Gasteiger partial charge in [-0.2, -0.15) is 0 Å². The van der Waals surface area contributed by atoms with Crippen molar-refractivity contribution in [2.75, 3.05) is 33.3 Å². The molecule has 0 heterocycles. The van der Waals surface area contributed by atoms with Crippen molar-refractivity contribution in [1.82, 2.24) is 16.0 Å². The Labute approximate surface area is 156 Å². The molecule has 1 amide bonds. The molecule has 7 heteroatoms. The first-order chi connectivity index (χ1) is 12.3. The summed E-state index contributed by atoms with van der Waals surface area (Å²) < 4.78 is 10.8. The molecule has 0 saturated heterocycles. The van der Waals surface area contributed by atoms with Gasteiger partial charge in [0.1, 0.15) is 11.4 Å². The van der Waals surface area contributed by atoms with Crippen LogP contribution in [0.2, 0.25) is 0 Å². The standard InChI is InChI=1S/C19H32N4O3/c1-15-7-9-16(10-8-15)25-14-6-11-21-17(20-5)22-12-13-23-18(24)26-19(2,3)4/h7-10H,6,11-14H2,1-5H3,(H,23,24)(H2,20,21,22). The van der Waals surface area contributed by atoms with Crippen LogP contribution in [0, 0.1) is 6.92 Å². The highest BCUT2D eigenvalue weighted by Gasteiger charge is 2.15. The number of amides is 1. The Bertz CT molecular complexity index is 565. The summed E-state index contributed by atoms with van der Waals surface area (Å²) in [5.41, 5.74) is 0.727. The molecule has 0 aromatic heterocycles. The number of alkyl carbamates (subject to hydrolysis) is 1. The van der Waals surface area contributed by atoms with Gasteiger partial charge < -0.3 is 25.4 Å². The van der Waals surface area contributed by atoms with Crippen LogP contribution in [0.15, 0.2) is 29.3 Å². The van der Waals surface area contributed by atoms with Crippen LogP contribution >= 0.6 is 0 Å². The van der Waals surface area contributed by atoms with Crippen molar-refractivity contribution < 1.29 is 14.3 Å². The molecule has 0 radical (unpaired) electrons. The molecule has 0 unspecified atom stereocenters. The van der Waals surface area contributed by atoms with Crippen molar-refractivity contribution in [2.24, 2.45) is 4.99 Å². The molecule has 26 heavy (non-hydrogen) atoms. The molecule has 7 nitrogen and oxygen atoms in total. The van der Waals surface area contributed by atoms with E-state index in [4.69, 9.17) is 9.47 Å². The largest absolute Gasteiger partial charge is 0.494 e. The first kappa shape index (κ1) is 21.6. The third-order valence-corrected chi connectivity index (χ3v) is 3.21. The van der Waals surface area contributed by atoms with Crippen molar-refractivity contribution in [3.05, 3.63) is 29.8 Å². The zero-order chi connectivity index (χ0) is 19.4. The van der Waals surface area contributed by atoms with Gasteiger partial charge in [0.15, 0.2) is 5.96 Å². The molecule has 0 fully saturated rings. The van der Waals surface area contributed by atoms with Crippen LogP contribution in [0.25, 0.3) is 0 Å². The van der Waals surface area contributed by atoms with Crippen molar-refractivity contribution in [3.8, 4) is 5.75 Å². The molecule has 0 bridgehead atoms. The van der Waals surface area contributed by atoms with E-state index in [-0.39, 0.29) is 0 Å². The number of rotatable bonds is 8. The minimum atomic E-state index is -0.490. The van der Waals surface area contributed by atoms with E-state index in [9.17, 15) is 4.79 Å². The fourth-order valence-corrected chi connectivity index (χ4v) is 1.98. The van der Waals surface area contributed by atoms with Gasteiger partial charge in [0.25, 0.3) is 0 Å². The molecule has 1 aromatic carbocycles. The quantitative estimate of drug-likeness (QED) is 0.375. The Balaban J connectivity index is 2.09. The Morgan fingerprint density at radius 1 is 1.04 bits per heavy atom. The van der Waals surface area contributed by atoms with Crippen molar-refractivity contribution in [1.29, 1.82) is 0 Å². The number of aliphatic imine (C=N–C) groups is 1. The van der Waals surface area contributed by atoms with Crippen LogP contribution in [0.4, 0.5) is 4.79 Å². The first-order valence-electron chi connectivity index (χ1n) is 8.91. The number of aryl methyl sites for hydroxylation is 1. The summed E-state index contributed by atoms with van der Waals surface area (Å²) in [5.74, 6) is 1.57. The summed E-state index contributed by atoms with van der Waals surface area (Å²) in [6, 6.07) is 8.01. The number of guanidine groups is 1. The maximum atomic E-state index is 11.5. The Hall–Kier alpha value is -2.44. The van der Waals surface area contributed by atoms with Gasteiger partial charge >= 0.3 is 6.09 Å². The minimum Gasteiger partial charge on any atom is -0.494 e. The third kappa shape index (κ3) is 10.4. The maximum absolute atomic E-state index is 11.5. The van der Waals surface area contributed by atoms with Crippen LogP contribution in [0.1, 0.15) is 32.8 Å². The number of hydrogen-bond donors (Lipinski definition) is 3. The fourth-order valence-electron chi connectivity index (χ4n) is 1.98. The zero-order valence-corrected chi connectivity index (χ0v) is 16.5. The number of hydrogen-bond acceptors (Lipinski definition) is 4. The van der Waals surface area contributed by atoms with Crippen LogP contribution < -0.4 is 20.7 Å². The number of nitrogens with zero attached hydrogens (tertiary/aromatic N) is 1. The number of ether oxygens (including phenoxy) is 2. The van der Waals surface area contributed by atoms with E-state index in [1.807, 2.05) is 45.0 Å². The predicted molar refractivity (Wildman–Crippen MR) is 105 cm³/mol. The van der Waals surface area contributed by atoms with E-state index >= 15 is 0 Å². The molecule has 146 valence electrons. The predicted octanol–water partition coefficient (Wildman–Crippen LogP) is 2.45. The molecule has 1 rings (SSSR count). The summed E-state index contributed by atoms with van der Waals surface area (Å²) in [6.45, 7) is 9.93.